The third-order valence-corrected chi connectivity index (χ3v) is 1.76. The van der Waals surface area contributed by atoms with Crippen LogP contribution in [0.4, 0.5) is 0 Å². The highest BCUT2D eigenvalue weighted by Gasteiger charge is 2.30. The summed E-state index contributed by atoms with van der Waals surface area (Å²) in [4.78, 5) is 0. The zero-order valence-corrected chi connectivity index (χ0v) is 5.39. The lowest BCUT2D eigenvalue weighted by atomic mass is 9.92. The standard InChI is InChI=1S/C6H12O2/c1-7-5-3-4-6(5)8-2/h5-6H,3-4H2,1-2H3. The minimum Gasteiger partial charge on any atom is -0.379 e. The predicted octanol–water partition coefficient (Wildman–Crippen LogP) is 0.810. The van der Waals surface area contributed by atoms with Crippen molar-refractivity contribution < 1.29 is 9.47 Å². The highest BCUT2D eigenvalue weighted by atomic mass is 16.5. The molecule has 0 saturated heterocycles. The van der Waals surface area contributed by atoms with E-state index in [1.54, 1.807) is 14.2 Å². The highest BCUT2D eigenvalue weighted by Crippen LogP contribution is 2.24. The number of methoxy groups -OCH3 is 2. The monoisotopic (exact) mass is 116 g/mol. The molecule has 0 bridgehead atoms. The Hall–Kier alpha value is -0.0800. The molecule has 0 aliphatic heterocycles. The van der Waals surface area contributed by atoms with Gasteiger partial charge < -0.3 is 9.47 Å². The van der Waals surface area contributed by atoms with E-state index in [0.717, 1.165) is 12.8 Å². The third-order valence-electron chi connectivity index (χ3n) is 1.76. The lowest BCUT2D eigenvalue weighted by molar-refractivity contribution is -0.0961. The molecule has 0 spiro atoms. The van der Waals surface area contributed by atoms with E-state index in [0.29, 0.717) is 12.2 Å². The molecule has 2 heteroatoms. The van der Waals surface area contributed by atoms with Crippen LogP contribution < -0.4 is 0 Å². The van der Waals surface area contributed by atoms with E-state index in [-0.39, 0.29) is 0 Å². The summed E-state index contributed by atoms with van der Waals surface area (Å²) in [6.07, 6.45) is 3.07. The average molecular weight is 116 g/mol. The first-order valence-electron chi connectivity index (χ1n) is 2.94. The first-order chi connectivity index (χ1) is 3.88. The molecule has 1 saturated carbocycles. The fourth-order valence-corrected chi connectivity index (χ4v) is 0.978. The Balaban J connectivity index is 2.16. The van der Waals surface area contributed by atoms with Crippen LogP contribution in [-0.4, -0.2) is 26.4 Å². The maximum Gasteiger partial charge on any atom is 0.0833 e. The van der Waals surface area contributed by atoms with Crippen LogP contribution in [0.25, 0.3) is 0 Å². The van der Waals surface area contributed by atoms with E-state index in [2.05, 4.69) is 0 Å². The largest absolute Gasteiger partial charge is 0.379 e. The molecule has 0 aromatic carbocycles. The van der Waals surface area contributed by atoms with Gasteiger partial charge in [-0.2, -0.15) is 0 Å². The Bertz CT molecular complexity index is 58.9. The van der Waals surface area contributed by atoms with Crippen LogP contribution in [0.3, 0.4) is 0 Å². The smallest absolute Gasteiger partial charge is 0.0833 e. The van der Waals surface area contributed by atoms with E-state index >= 15 is 0 Å². The van der Waals surface area contributed by atoms with Crippen molar-refractivity contribution in [1.82, 2.24) is 0 Å². The second-order valence-electron chi connectivity index (χ2n) is 2.13. The zero-order chi connectivity index (χ0) is 5.98. The average Bonchev–Trinajstić information content (AvgIpc) is 1.66. The second-order valence-corrected chi connectivity index (χ2v) is 2.13. The van der Waals surface area contributed by atoms with Gasteiger partial charge in [0.2, 0.25) is 0 Å². The van der Waals surface area contributed by atoms with Crippen molar-refractivity contribution in [1.29, 1.82) is 0 Å². The van der Waals surface area contributed by atoms with Gasteiger partial charge in [0.05, 0.1) is 12.2 Å². The highest BCUT2D eigenvalue weighted by molar-refractivity contribution is 4.81. The van der Waals surface area contributed by atoms with Crippen LogP contribution in [0.5, 0.6) is 0 Å². The van der Waals surface area contributed by atoms with Crippen molar-refractivity contribution in [2.45, 2.75) is 25.0 Å². The molecule has 0 aromatic rings. The van der Waals surface area contributed by atoms with Gasteiger partial charge in [-0.3, -0.25) is 0 Å². The van der Waals surface area contributed by atoms with E-state index in [9.17, 15) is 0 Å². The predicted molar refractivity (Wildman–Crippen MR) is 30.8 cm³/mol. The van der Waals surface area contributed by atoms with Gasteiger partial charge in [0.15, 0.2) is 0 Å². The number of hydrogen-bond donors (Lipinski definition) is 0. The minimum atomic E-state index is 0.375. The maximum absolute atomic E-state index is 5.06. The molecule has 1 aliphatic carbocycles. The van der Waals surface area contributed by atoms with E-state index in [1.165, 1.54) is 0 Å². The van der Waals surface area contributed by atoms with Gasteiger partial charge in [0, 0.05) is 14.2 Å². The van der Waals surface area contributed by atoms with Gasteiger partial charge in [0.1, 0.15) is 0 Å². The van der Waals surface area contributed by atoms with Gasteiger partial charge in [-0.1, -0.05) is 0 Å². The molecule has 0 N–H and O–H groups in total. The Kier molecular flexibility index (Phi) is 1.86. The molecule has 0 aromatic heterocycles. The second kappa shape index (κ2) is 2.46. The molecule has 0 amide bonds. The lowest BCUT2D eigenvalue weighted by Gasteiger charge is -2.33. The SMILES string of the molecule is COC1CCC1OC. The van der Waals surface area contributed by atoms with Crippen LogP contribution in [0, 0.1) is 0 Å². The van der Waals surface area contributed by atoms with Crippen molar-refractivity contribution in [3.05, 3.63) is 0 Å². The lowest BCUT2D eigenvalue weighted by Crippen LogP contribution is -2.39. The number of ether oxygens (including phenoxy) is 2. The Morgan fingerprint density at radius 3 is 1.50 bits per heavy atom. The molecular weight excluding hydrogens is 104 g/mol. The fourth-order valence-electron chi connectivity index (χ4n) is 0.978. The number of rotatable bonds is 2. The fraction of sp³-hybridized carbons (Fsp3) is 1.00. The molecule has 2 nitrogen and oxygen atoms in total. The van der Waals surface area contributed by atoms with Crippen molar-refractivity contribution in [3.63, 3.8) is 0 Å². The Morgan fingerprint density at radius 1 is 1.00 bits per heavy atom. The number of hydrogen-bond acceptors (Lipinski definition) is 2. The molecule has 1 fully saturated rings. The molecule has 2 unspecified atom stereocenters. The van der Waals surface area contributed by atoms with Crippen LogP contribution >= 0.6 is 0 Å². The van der Waals surface area contributed by atoms with Crippen LogP contribution in [0.15, 0.2) is 0 Å². The quantitative estimate of drug-likeness (QED) is 0.531. The summed E-state index contributed by atoms with van der Waals surface area (Å²) < 4.78 is 10.1. The van der Waals surface area contributed by atoms with E-state index < -0.39 is 0 Å². The third kappa shape index (κ3) is 0.858. The van der Waals surface area contributed by atoms with Gasteiger partial charge in [0.25, 0.3) is 0 Å². The van der Waals surface area contributed by atoms with Gasteiger partial charge in [-0.15, -0.1) is 0 Å². The zero-order valence-electron chi connectivity index (χ0n) is 5.39. The molecule has 0 radical (unpaired) electrons. The van der Waals surface area contributed by atoms with E-state index in [1.807, 2.05) is 0 Å². The van der Waals surface area contributed by atoms with Crippen molar-refractivity contribution in [2.75, 3.05) is 14.2 Å². The summed E-state index contributed by atoms with van der Waals surface area (Å²) in [5.41, 5.74) is 0. The van der Waals surface area contributed by atoms with E-state index in [4.69, 9.17) is 9.47 Å². The van der Waals surface area contributed by atoms with Crippen molar-refractivity contribution in [2.24, 2.45) is 0 Å². The normalized spacial score (nSPS) is 36.8. The van der Waals surface area contributed by atoms with Crippen LogP contribution in [0.2, 0.25) is 0 Å². The Labute approximate surface area is 49.8 Å². The first-order valence-corrected chi connectivity index (χ1v) is 2.94. The summed E-state index contributed by atoms with van der Waals surface area (Å²) in [7, 11) is 3.46. The first kappa shape index (κ1) is 6.05. The van der Waals surface area contributed by atoms with Crippen molar-refractivity contribution in [3.8, 4) is 0 Å². The molecule has 1 rings (SSSR count). The van der Waals surface area contributed by atoms with Crippen LogP contribution in [0.1, 0.15) is 12.8 Å². The summed E-state index contributed by atoms with van der Waals surface area (Å²) in [5.74, 6) is 0. The topological polar surface area (TPSA) is 18.5 Å². The molecular formula is C6H12O2. The summed E-state index contributed by atoms with van der Waals surface area (Å²) in [6, 6.07) is 0. The molecule has 2 atom stereocenters. The van der Waals surface area contributed by atoms with Gasteiger partial charge in [-0.05, 0) is 12.8 Å². The maximum atomic E-state index is 5.06. The molecule has 1 aliphatic rings. The van der Waals surface area contributed by atoms with Crippen molar-refractivity contribution >= 4 is 0 Å². The summed E-state index contributed by atoms with van der Waals surface area (Å²) in [5, 5.41) is 0. The molecule has 8 heavy (non-hydrogen) atoms. The molecule has 48 valence electrons. The minimum absolute atomic E-state index is 0.375. The van der Waals surface area contributed by atoms with Gasteiger partial charge in [-0.25, -0.2) is 0 Å². The summed E-state index contributed by atoms with van der Waals surface area (Å²) >= 11 is 0. The Morgan fingerprint density at radius 2 is 1.38 bits per heavy atom. The summed E-state index contributed by atoms with van der Waals surface area (Å²) in [6.45, 7) is 0. The van der Waals surface area contributed by atoms with Gasteiger partial charge >= 0.3 is 0 Å². The molecule has 0 heterocycles. The van der Waals surface area contributed by atoms with Crippen LogP contribution in [-0.2, 0) is 9.47 Å².